The number of carbonyl (C=O) groups excluding carboxylic acids is 1. The summed E-state index contributed by atoms with van der Waals surface area (Å²) in [5.41, 5.74) is 4.60. The minimum Gasteiger partial charge on any atom is -0.463 e. The van der Waals surface area contributed by atoms with E-state index in [1.54, 1.807) is 0 Å². The SMILES string of the molecule is CCCCCCCC/C=C/CCCCCCCC(=O)OC[C@H]1O[C@@H](n2cnc(N)nc2=O)C(O)C1O. The van der Waals surface area contributed by atoms with Gasteiger partial charge in [0.05, 0.1) is 0 Å². The maximum Gasteiger partial charge on any atom is 0.354 e. The molecule has 0 saturated carbocycles. The van der Waals surface area contributed by atoms with E-state index in [9.17, 15) is 19.8 Å². The molecule has 0 aliphatic carbocycles. The van der Waals surface area contributed by atoms with Gasteiger partial charge < -0.3 is 25.4 Å². The Bertz CT molecular complexity index is 846. The molecule has 0 spiro atoms. The van der Waals surface area contributed by atoms with Crippen molar-refractivity contribution in [3.8, 4) is 0 Å². The highest BCUT2D eigenvalue weighted by Crippen LogP contribution is 2.28. The van der Waals surface area contributed by atoms with Crippen molar-refractivity contribution in [2.45, 2.75) is 121 Å². The van der Waals surface area contributed by atoms with E-state index in [0.717, 1.165) is 43.0 Å². The van der Waals surface area contributed by atoms with Crippen LogP contribution in [0, 0.1) is 0 Å². The van der Waals surface area contributed by atoms with Crippen LogP contribution in [0.5, 0.6) is 0 Å². The van der Waals surface area contributed by atoms with Crippen molar-refractivity contribution in [2.75, 3.05) is 12.3 Å². The van der Waals surface area contributed by atoms with E-state index < -0.39 is 30.2 Å². The molecule has 1 saturated heterocycles. The van der Waals surface area contributed by atoms with E-state index in [1.807, 2.05) is 0 Å². The Hall–Kier alpha value is -2.30. The highest BCUT2D eigenvalue weighted by atomic mass is 16.6. The lowest BCUT2D eigenvalue weighted by atomic mass is 10.1. The van der Waals surface area contributed by atoms with Crippen LogP contribution in [-0.4, -0.2) is 55.6 Å². The van der Waals surface area contributed by atoms with Crippen molar-refractivity contribution in [3.05, 3.63) is 29.0 Å². The molecule has 10 heteroatoms. The van der Waals surface area contributed by atoms with Gasteiger partial charge in [-0.1, -0.05) is 70.4 Å². The van der Waals surface area contributed by atoms with Crippen LogP contribution in [0.1, 0.15) is 103 Å². The number of rotatable bonds is 18. The third-order valence-electron chi connectivity index (χ3n) is 6.41. The van der Waals surface area contributed by atoms with Crippen LogP contribution in [0.15, 0.2) is 23.3 Å². The Balaban J connectivity index is 1.50. The number of hydrogen-bond donors (Lipinski definition) is 3. The number of hydrogen-bond acceptors (Lipinski definition) is 9. The fourth-order valence-corrected chi connectivity index (χ4v) is 4.21. The normalized spacial score (nSPS) is 21.9. The molecule has 0 bridgehead atoms. The zero-order valence-electron chi connectivity index (χ0n) is 21.6. The number of carbonyl (C=O) groups is 1. The average Bonchev–Trinajstić information content (AvgIpc) is 3.13. The molecule has 2 rings (SSSR count). The predicted octanol–water partition coefficient (Wildman–Crippen LogP) is 3.42. The Labute approximate surface area is 213 Å². The molecule has 1 aliphatic heterocycles. The number of nitrogens with zero attached hydrogens (tertiary/aromatic N) is 3. The molecule has 10 nitrogen and oxygen atoms in total. The van der Waals surface area contributed by atoms with E-state index in [4.69, 9.17) is 15.2 Å². The molecule has 1 fully saturated rings. The molecular formula is C26H44N4O6. The first-order valence-electron chi connectivity index (χ1n) is 13.5. The minimum absolute atomic E-state index is 0.203. The fourth-order valence-electron chi connectivity index (χ4n) is 4.21. The second kappa shape index (κ2) is 17.2. The van der Waals surface area contributed by atoms with Gasteiger partial charge in [0.1, 0.15) is 31.2 Å². The number of nitrogens with two attached hydrogens (primary N) is 1. The van der Waals surface area contributed by atoms with Gasteiger partial charge in [0, 0.05) is 6.42 Å². The molecular weight excluding hydrogens is 464 g/mol. The smallest absolute Gasteiger partial charge is 0.354 e. The summed E-state index contributed by atoms with van der Waals surface area (Å²) in [5, 5.41) is 20.4. The number of anilines is 1. The average molecular weight is 509 g/mol. The van der Waals surface area contributed by atoms with Crippen LogP contribution in [-0.2, 0) is 14.3 Å². The zero-order chi connectivity index (χ0) is 26.2. The summed E-state index contributed by atoms with van der Waals surface area (Å²) >= 11 is 0. The first-order chi connectivity index (χ1) is 17.4. The van der Waals surface area contributed by atoms with Crippen molar-refractivity contribution < 1.29 is 24.5 Å². The van der Waals surface area contributed by atoms with Gasteiger partial charge in [-0.05, 0) is 32.1 Å². The van der Waals surface area contributed by atoms with Crippen LogP contribution in [0.2, 0.25) is 0 Å². The summed E-state index contributed by atoms with van der Waals surface area (Å²) < 4.78 is 11.7. The van der Waals surface area contributed by atoms with Gasteiger partial charge in [-0.3, -0.25) is 9.36 Å². The number of unbranched alkanes of at least 4 members (excludes halogenated alkanes) is 11. The second-order valence-electron chi connectivity index (χ2n) is 9.47. The number of ether oxygens (including phenoxy) is 2. The first-order valence-corrected chi connectivity index (χ1v) is 13.5. The Morgan fingerprint density at radius 2 is 1.64 bits per heavy atom. The van der Waals surface area contributed by atoms with Gasteiger partial charge in [0.25, 0.3) is 0 Å². The van der Waals surface area contributed by atoms with E-state index in [0.29, 0.717) is 0 Å². The van der Waals surface area contributed by atoms with Gasteiger partial charge in [-0.15, -0.1) is 0 Å². The van der Waals surface area contributed by atoms with Crippen molar-refractivity contribution in [1.82, 2.24) is 14.5 Å². The van der Waals surface area contributed by atoms with Crippen molar-refractivity contribution in [3.63, 3.8) is 0 Å². The monoisotopic (exact) mass is 508 g/mol. The van der Waals surface area contributed by atoms with Gasteiger partial charge in [0.15, 0.2) is 6.23 Å². The molecule has 2 heterocycles. The zero-order valence-corrected chi connectivity index (χ0v) is 21.6. The Kier molecular flexibility index (Phi) is 14.3. The van der Waals surface area contributed by atoms with Crippen molar-refractivity contribution in [1.29, 1.82) is 0 Å². The maximum absolute atomic E-state index is 12.0. The summed E-state index contributed by atoms with van der Waals surface area (Å²) in [4.78, 5) is 31.2. The molecule has 2 unspecified atom stereocenters. The Morgan fingerprint density at radius 1 is 1.03 bits per heavy atom. The largest absolute Gasteiger partial charge is 0.463 e. The molecule has 4 atom stereocenters. The third-order valence-corrected chi connectivity index (χ3v) is 6.41. The number of esters is 1. The lowest BCUT2D eigenvalue weighted by Crippen LogP contribution is -2.36. The maximum atomic E-state index is 12.0. The van der Waals surface area contributed by atoms with E-state index >= 15 is 0 Å². The van der Waals surface area contributed by atoms with Crippen LogP contribution in [0.25, 0.3) is 0 Å². The van der Waals surface area contributed by atoms with Crippen LogP contribution in [0.4, 0.5) is 5.95 Å². The van der Waals surface area contributed by atoms with E-state index in [1.165, 1.54) is 51.4 Å². The summed E-state index contributed by atoms with van der Waals surface area (Å²) in [6.07, 6.45) is 16.5. The molecule has 1 aliphatic rings. The molecule has 0 radical (unpaired) electrons. The van der Waals surface area contributed by atoms with Gasteiger partial charge in [-0.25, -0.2) is 9.78 Å². The molecule has 204 valence electrons. The standard InChI is InChI=1S/C26H44N4O6/c1-2-3-4-5-6-7-8-9-10-11-12-13-14-15-16-17-21(31)35-18-20-22(32)23(33)24(36-20)30-19-28-25(27)29-26(30)34/h9-10,19-20,22-24,32-33H,2-8,11-18H2,1H3,(H2,27,29,34)/b10-9+/t20-,22?,23?,24-/m1/s1. The van der Waals surface area contributed by atoms with E-state index in [2.05, 4.69) is 29.0 Å². The summed E-state index contributed by atoms with van der Waals surface area (Å²) in [6.45, 7) is 2.02. The number of aliphatic hydroxyl groups is 2. The van der Waals surface area contributed by atoms with Crippen LogP contribution >= 0.6 is 0 Å². The van der Waals surface area contributed by atoms with Crippen LogP contribution in [0.3, 0.4) is 0 Å². The first kappa shape index (κ1) is 29.9. The fraction of sp³-hybridized carbons (Fsp3) is 0.769. The topological polar surface area (TPSA) is 150 Å². The van der Waals surface area contributed by atoms with Gasteiger partial charge in [-0.2, -0.15) is 4.98 Å². The van der Waals surface area contributed by atoms with Gasteiger partial charge >= 0.3 is 11.7 Å². The third kappa shape index (κ3) is 10.8. The molecule has 1 aromatic heterocycles. The number of aromatic nitrogens is 3. The summed E-state index contributed by atoms with van der Waals surface area (Å²) in [5.74, 6) is -0.584. The number of allylic oxidation sites excluding steroid dienone is 2. The van der Waals surface area contributed by atoms with E-state index in [-0.39, 0.29) is 24.9 Å². The Morgan fingerprint density at radius 3 is 2.28 bits per heavy atom. The minimum atomic E-state index is -1.40. The molecule has 4 N–H and O–H groups in total. The van der Waals surface area contributed by atoms with Crippen molar-refractivity contribution in [2.24, 2.45) is 0 Å². The lowest BCUT2D eigenvalue weighted by Gasteiger charge is -2.16. The summed E-state index contributed by atoms with van der Waals surface area (Å²) in [6, 6.07) is 0. The number of nitrogen functional groups attached to an aromatic ring is 1. The molecule has 0 amide bonds. The molecule has 0 aromatic carbocycles. The quantitative estimate of drug-likeness (QED) is 0.154. The summed E-state index contributed by atoms with van der Waals surface area (Å²) in [7, 11) is 0. The lowest BCUT2D eigenvalue weighted by molar-refractivity contribution is -0.150. The predicted molar refractivity (Wildman–Crippen MR) is 137 cm³/mol. The molecule has 36 heavy (non-hydrogen) atoms. The highest BCUT2D eigenvalue weighted by molar-refractivity contribution is 5.69. The second-order valence-corrected chi connectivity index (χ2v) is 9.47. The molecule has 1 aromatic rings. The van der Waals surface area contributed by atoms with Crippen LogP contribution < -0.4 is 11.4 Å². The number of aliphatic hydroxyl groups excluding tert-OH is 2. The van der Waals surface area contributed by atoms with Crippen molar-refractivity contribution >= 4 is 11.9 Å². The van der Waals surface area contributed by atoms with Gasteiger partial charge in [0.2, 0.25) is 5.95 Å². The highest BCUT2D eigenvalue weighted by Gasteiger charge is 2.44.